The van der Waals surface area contributed by atoms with Crippen LogP contribution in [-0.2, 0) is 12.8 Å². The average molecular weight is 519 g/mol. The van der Waals surface area contributed by atoms with Gasteiger partial charge >= 0.3 is 0 Å². The van der Waals surface area contributed by atoms with Crippen molar-refractivity contribution in [1.82, 2.24) is 0 Å². The van der Waals surface area contributed by atoms with Crippen LogP contribution < -0.4 is 0 Å². The van der Waals surface area contributed by atoms with E-state index in [2.05, 4.69) is 101 Å². The molecule has 0 spiro atoms. The Hall–Kier alpha value is -0.780. The number of rotatable bonds is 3. The molecule has 0 amide bonds. The van der Waals surface area contributed by atoms with E-state index in [9.17, 15) is 0 Å². The Bertz CT molecular complexity index is 336. The molecule has 0 heteroatoms. The van der Waals surface area contributed by atoms with E-state index >= 15 is 0 Å². The van der Waals surface area contributed by atoms with Crippen LogP contribution in [0.25, 0.3) is 0 Å². The Labute approximate surface area is 238 Å². The van der Waals surface area contributed by atoms with Gasteiger partial charge in [0, 0.05) is 0 Å². The Morgan fingerprint density at radius 2 is 0.694 bits per heavy atom. The van der Waals surface area contributed by atoms with Gasteiger partial charge in [0.15, 0.2) is 0 Å². The maximum atomic E-state index is 2.29. The average Bonchev–Trinajstić information content (AvgIpc) is 2.84. The van der Waals surface area contributed by atoms with Crippen LogP contribution in [0.3, 0.4) is 0 Å². The molecule has 0 aromatic heterocycles. The zero-order valence-electron chi connectivity index (χ0n) is 29.1. The molecule has 0 aliphatic carbocycles. The molecule has 0 bridgehead atoms. The summed E-state index contributed by atoms with van der Waals surface area (Å²) in [7, 11) is 0. The van der Waals surface area contributed by atoms with Gasteiger partial charge in [-0.05, 0) is 40.9 Å². The quantitative estimate of drug-likeness (QED) is 0.373. The van der Waals surface area contributed by atoms with Crippen LogP contribution in [-0.4, -0.2) is 0 Å². The number of hydrogen-bond acceptors (Lipinski definition) is 0. The highest BCUT2D eigenvalue weighted by Crippen LogP contribution is 2.24. The normalized spacial score (nSPS) is 7.42. The second kappa shape index (κ2) is 64.4. The SMILES string of the molecule is C.C.CC.CC.CC.CC.CC.CC(C)(C)C.CCC.CCC.CCc1cccc(CC)c1C(C)C. The van der Waals surface area contributed by atoms with Crippen molar-refractivity contribution in [2.24, 2.45) is 5.41 Å². The van der Waals surface area contributed by atoms with Gasteiger partial charge in [0.05, 0.1) is 0 Å². The van der Waals surface area contributed by atoms with Crippen LogP contribution in [0.4, 0.5) is 0 Å². The summed E-state index contributed by atoms with van der Waals surface area (Å²) in [6.45, 7) is 46.3. The second-order valence-corrected chi connectivity index (χ2v) is 8.27. The fraction of sp³-hybridized carbons (Fsp3) is 0.833. The van der Waals surface area contributed by atoms with Crippen LogP contribution in [0.2, 0.25) is 0 Å². The molecule has 0 atom stereocenters. The lowest BCUT2D eigenvalue weighted by Crippen LogP contribution is -2.00. The Kier molecular flexibility index (Phi) is 116. The van der Waals surface area contributed by atoms with Crippen molar-refractivity contribution in [2.45, 2.75) is 199 Å². The number of benzene rings is 1. The van der Waals surface area contributed by atoms with Crippen molar-refractivity contribution in [1.29, 1.82) is 0 Å². The van der Waals surface area contributed by atoms with Crippen molar-refractivity contribution in [3.63, 3.8) is 0 Å². The van der Waals surface area contributed by atoms with E-state index in [1.807, 2.05) is 69.2 Å². The van der Waals surface area contributed by atoms with E-state index in [-0.39, 0.29) is 14.9 Å². The minimum Gasteiger partial charge on any atom is -0.0776 e. The maximum Gasteiger partial charge on any atom is -0.0213 e. The van der Waals surface area contributed by atoms with Crippen molar-refractivity contribution in [3.8, 4) is 0 Å². The lowest BCUT2D eigenvalue weighted by Gasteiger charge is -2.16. The molecule has 0 heterocycles. The van der Waals surface area contributed by atoms with E-state index in [4.69, 9.17) is 0 Å². The Balaban J connectivity index is -0.0000000313. The summed E-state index contributed by atoms with van der Waals surface area (Å²) in [5.41, 5.74) is 5.12. The minimum absolute atomic E-state index is 0. The molecule has 1 aromatic rings. The number of aryl methyl sites for hydroxylation is 2. The van der Waals surface area contributed by atoms with Gasteiger partial charge in [0.25, 0.3) is 0 Å². The van der Waals surface area contributed by atoms with Crippen LogP contribution in [0.1, 0.15) is 203 Å². The first-order valence-corrected chi connectivity index (χ1v) is 15.1. The first kappa shape index (κ1) is 64.8. The van der Waals surface area contributed by atoms with Crippen LogP contribution in [0.15, 0.2) is 18.2 Å². The molecule has 0 nitrogen and oxygen atoms in total. The molecule has 230 valence electrons. The van der Waals surface area contributed by atoms with Gasteiger partial charge in [-0.3, -0.25) is 0 Å². The smallest absolute Gasteiger partial charge is 0.0213 e. The predicted molar refractivity (Wildman–Crippen MR) is 187 cm³/mol. The van der Waals surface area contributed by atoms with Crippen molar-refractivity contribution in [3.05, 3.63) is 34.9 Å². The fourth-order valence-electron chi connectivity index (χ4n) is 2.02. The monoisotopic (exact) mass is 519 g/mol. The fourth-order valence-corrected chi connectivity index (χ4v) is 2.02. The summed E-state index contributed by atoms with van der Waals surface area (Å²) in [5.74, 6) is 0.658. The molecule has 0 N–H and O–H groups in total. The van der Waals surface area contributed by atoms with E-state index in [0.29, 0.717) is 11.3 Å². The lowest BCUT2D eigenvalue weighted by molar-refractivity contribution is 0.469. The van der Waals surface area contributed by atoms with Crippen molar-refractivity contribution >= 4 is 0 Å². The largest absolute Gasteiger partial charge is 0.0776 e. The molecule has 0 unspecified atom stereocenters. The van der Waals surface area contributed by atoms with Gasteiger partial charge in [0.2, 0.25) is 0 Å². The van der Waals surface area contributed by atoms with E-state index in [0.717, 1.165) is 12.8 Å². The molecule has 0 aliphatic heterocycles. The third-order valence-corrected chi connectivity index (χ3v) is 2.63. The van der Waals surface area contributed by atoms with Gasteiger partial charge in [-0.25, -0.2) is 0 Å². The summed E-state index contributed by atoms with van der Waals surface area (Å²) in [4.78, 5) is 0. The molecule has 0 fully saturated rings. The summed E-state index contributed by atoms with van der Waals surface area (Å²) in [6, 6.07) is 6.70. The van der Waals surface area contributed by atoms with Crippen molar-refractivity contribution in [2.75, 3.05) is 0 Å². The molecule has 0 aliphatic rings. The number of hydrogen-bond donors (Lipinski definition) is 0. The first-order valence-electron chi connectivity index (χ1n) is 15.1. The molecular formula is C36H86. The maximum absolute atomic E-state index is 2.29. The minimum atomic E-state index is 0. The van der Waals surface area contributed by atoms with Crippen molar-refractivity contribution < 1.29 is 0 Å². The summed E-state index contributed by atoms with van der Waals surface area (Å²) in [5, 5.41) is 0. The molecule has 36 heavy (non-hydrogen) atoms. The zero-order valence-corrected chi connectivity index (χ0v) is 29.1. The second-order valence-electron chi connectivity index (χ2n) is 8.27. The highest BCUT2D eigenvalue weighted by atomic mass is 14.1. The summed E-state index contributed by atoms with van der Waals surface area (Å²) >= 11 is 0. The van der Waals surface area contributed by atoms with Gasteiger partial charge in [-0.15, -0.1) is 0 Å². The van der Waals surface area contributed by atoms with Crippen LogP contribution in [0.5, 0.6) is 0 Å². The third-order valence-electron chi connectivity index (χ3n) is 2.63. The lowest BCUT2D eigenvalue weighted by atomic mass is 9.90. The van der Waals surface area contributed by atoms with Crippen LogP contribution in [0, 0.1) is 5.41 Å². The van der Waals surface area contributed by atoms with E-state index < -0.39 is 0 Å². The van der Waals surface area contributed by atoms with Gasteiger partial charge in [-0.2, -0.15) is 0 Å². The van der Waals surface area contributed by atoms with Gasteiger partial charge in [-0.1, -0.05) is 198 Å². The van der Waals surface area contributed by atoms with Crippen LogP contribution >= 0.6 is 0 Å². The Morgan fingerprint density at radius 1 is 0.528 bits per heavy atom. The third kappa shape index (κ3) is 76.6. The van der Waals surface area contributed by atoms with Gasteiger partial charge in [0.1, 0.15) is 0 Å². The van der Waals surface area contributed by atoms with Gasteiger partial charge < -0.3 is 0 Å². The zero-order chi connectivity index (χ0) is 29.8. The molecule has 0 saturated heterocycles. The molecular weight excluding hydrogens is 432 g/mol. The Morgan fingerprint density at radius 3 is 0.806 bits per heavy atom. The highest BCUT2D eigenvalue weighted by Gasteiger charge is 2.08. The molecule has 0 radical (unpaired) electrons. The first-order chi connectivity index (χ1) is 16.0. The molecule has 1 aromatic carbocycles. The standard InChI is InChI=1S/C13H20.C5H12.2C3H8.5C2H6.2CH4/c1-5-11-8-7-9-12(6-2)13(11)10(3)4;1-5(2,3)4;2*1-3-2;5*1-2;;/h7-10H,5-6H2,1-4H3;1-4H3;2*3H2,1-2H3;5*1-2H3;2*1H4. The highest BCUT2D eigenvalue weighted by molar-refractivity contribution is 5.37. The van der Waals surface area contributed by atoms with E-state index in [1.165, 1.54) is 24.0 Å². The molecule has 1 rings (SSSR count). The molecule has 0 saturated carbocycles. The predicted octanol–water partition coefficient (Wildman–Crippen LogP) is 15.2. The summed E-state index contributed by atoms with van der Waals surface area (Å²) in [6.07, 6.45) is 4.81. The van der Waals surface area contributed by atoms with E-state index in [1.54, 1.807) is 5.56 Å². The topological polar surface area (TPSA) is 0 Å². The summed E-state index contributed by atoms with van der Waals surface area (Å²) < 4.78 is 0.